The lowest BCUT2D eigenvalue weighted by molar-refractivity contribution is -0.124. The van der Waals surface area contributed by atoms with Gasteiger partial charge in [0.15, 0.2) is 6.61 Å². The van der Waals surface area contributed by atoms with E-state index in [1.54, 1.807) is 31.2 Å². The van der Waals surface area contributed by atoms with Crippen molar-refractivity contribution >= 4 is 23.5 Å². The van der Waals surface area contributed by atoms with Gasteiger partial charge < -0.3 is 14.6 Å². The van der Waals surface area contributed by atoms with E-state index in [1.807, 2.05) is 37.3 Å². The number of amides is 1. The van der Waals surface area contributed by atoms with Crippen LogP contribution in [0.1, 0.15) is 34.6 Å². The Morgan fingerprint density at radius 1 is 1.14 bits per heavy atom. The first-order valence-corrected chi connectivity index (χ1v) is 9.07. The van der Waals surface area contributed by atoms with E-state index in [-0.39, 0.29) is 23.1 Å². The molecule has 3 aromatic rings. The van der Waals surface area contributed by atoms with E-state index in [0.717, 1.165) is 5.56 Å². The topological polar surface area (TPSA) is 81.4 Å². The van der Waals surface area contributed by atoms with Gasteiger partial charge in [0.2, 0.25) is 0 Å². The molecule has 1 aromatic heterocycles. The summed E-state index contributed by atoms with van der Waals surface area (Å²) in [5.41, 5.74) is 1.94. The third kappa shape index (κ3) is 4.40. The number of benzene rings is 2. The first kappa shape index (κ1) is 19.6. The molecule has 144 valence electrons. The van der Waals surface area contributed by atoms with Crippen LogP contribution < -0.4 is 5.32 Å². The van der Waals surface area contributed by atoms with Gasteiger partial charge in [0, 0.05) is 5.56 Å². The zero-order valence-electron chi connectivity index (χ0n) is 15.4. The Labute approximate surface area is 167 Å². The monoisotopic (exact) mass is 398 g/mol. The molecule has 0 aliphatic carbocycles. The molecule has 1 atom stereocenters. The summed E-state index contributed by atoms with van der Waals surface area (Å²) in [4.78, 5) is 24.7. The maximum atomic E-state index is 12.5. The van der Waals surface area contributed by atoms with E-state index in [4.69, 9.17) is 20.9 Å². The molecule has 0 bridgehead atoms. The van der Waals surface area contributed by atoms with Crippen LogP contribution >= 0.6 is 11.6 Å². The lowest BCUT2D eigenvalue weighted by atomic mass is 10.1. The van der Waals surface area contributed by atoms with Crippen molar-refractivity contribution in [1.29, 1.82) is 0 Å². The fraction of sp³-hybridized carbons (Fsp3) is 0.190. The van der Waals surface area contributed by atoms with E-state index in [0.29, 0.717) is 10.6 Å². The Morgan fingerprint density at radius 3 is 2.54 bits per heavy atom. The van der Waals surface area contributed by atoms with Gasteiger partial charge in [0.05, 0.1) is 11.1 Å². The smallest absolute Gasteiger partial charge is 0.344 e. The van der Waals surface area contributed by atoms with Crippen LogP contribution in [0.3, 0.4) is 0 Å². The van der Waals surface area contributed by atoms with Crippen LogP contribution in [0.5, 0.6) is 0 Å². The third-order valence-electron chi connectivity index (χ3n) is 4.21. The first-order valence-electron chi connectivity index (χ1n) is 8.70. The summed E-state index contributed by atoms with van der Waals surface area (Å²) in [5.74, 6) is -0.813. The molecule has 3 rings (SSSR count). The summed E-state index contributed by atoms with van der Waals surface area (Å²) >= 11 is 6.19. The van der Waals surface area contributed by atoms with Crippen LogP contribution in [0.25, 0.3) is 11.3 Å². The van der Waals surface area contributed by atoms with E-state index in [1.165, 1.54) is 0 Å². The van der Waals surface area contributed by atoms with Crippen molar-refractivity contribution in [2.75, 3.05) is 6.61 Å². The second kappa shape index (κ2) is 8.71. The summed E-state index contributed by atoms with van der Waals surface area (Å²) < 4.78 is 10.3. The van der Waals surface area contributed by atoms with Crippen molar-refractivity contribution in [2.24, 2.45) is 0 Å². The quantitative estimate of drug-likeness (QED) is 0.625. The number of carbonyl (C=O) groups excluding carboxylic acids is 2. The molecule has 0 spiro atoms. The molecule has 0 aliphatic heterocycles. The van der Waals surface area contributed by atoms with Gasteiger partial charge in [-0.3, -0.25) is 4.79 Å². The molecular weight excluding hydrogens is 380 g/mol. The van der Waals surface area contributed by atoms with E-state index in [2.05, 4.69) is 10.5 Å². The first-order chi connectivity index (χ1) is 13.5. The van der Waals surface area contributed by atoms with Gasteiger partial charge in [-0.05, 0) is 25.5 Å². The van der Waals surface area contributed by atoms with Gasteiger partial charge in [0.25, 0.3) is 5.91 Å². The average molecular weight is 399 g/mol. The molecule has 0 saturated heterocycles. The van der Waals surface area contributed by atoms with Crippen molar-refractivity contribution in [3.63, 3.8) is 0 Å². The number of aromatic nitrogens is 1. The fourth-order valence-electron chi connectivity index (χ4n) is 2.76. The molecule has 6 nitrogen and oxygen atoms in total. The zero-order chi connectivity index (χ0) is 20.1. The number of nitrogens with zero attached hydrogens (tertiary/aromatic N) is 1. The summed E-state index contributed by atoms with van der Waals surface area (Å²) in [6, 6.07) is 16.3. The predicted octanol–water partition coefficient (Wildman–Crippen LogP) is 4.34. The van der Waals surface area contributed by atoms with Crippen LogP contribution in [-0.4, -0.2) is 23.6 Å². The Morgan fingerprint density at radius 2 is 1.82 bits per heavy atom. The van der Waals surface area contributed by atoms with Crippen LogP contribution in [-0.2, 0) is 9.53 Å². The number of ether oxygens (including phenoxy) is 1. The minimum Gasteiger partial charge on any atom is -0.452 e. The summed E-state index contributed by atoms with van der Waals surface area (Å²) in [7, 11) is 0. The molecule has 1 amide bonds. The highest BCUT2D eigenvalue weighted by atomic mass is 35.5. The second-order valence-corrected chi connectivity index (χ2v) is 6.63. The molecule has 28 heavy (non-hydrogen) atoms. The molecule has 0 radical (unpaired) electrons. The lowest BCUT2D eigenvalue weighted by Gasteiger charge is -2.14. The molecule has 0 fully saturated rings. The molecule has 0 aliphatic rings. The van der Waals surface area contributed by atoms with Crippen molar-refractivity contribution in [1.82, 2.24) is 10.5 Å². The number of nitrogens with one attached hydrogen (secondary N) is 1. The van der Waals surface area contributed by atoms with Gasteiger partial charge in [-0.15, -0.1) is 0 Å². The molecule has 7 heteroatoms. The molecule has 1 N–H and O–H groups in total. The van der Waals surface area contributed by atoms with Crippen LogP contribution in [0.2, 0.25) is 5.02 Å². The molecule has 1 heterocycles. The summed E-state index contributed by atoms with van der Waals surface area (Å²) in [6.45, 7) is 3.04. The number of carbonyl (C=O) groups is 2. The minimum absolute atomic E-state index is 0.150. The molecular formula is C21H19ClN2O4. The highest BCUT2D eigenvalue weighted by Crippen LogP contribution is 2.31. The molecule has 0 unspecified atom stereocenters. The van der Waals surface area contributed by atoms with E-state index >= 15 is 0 Å². The highest BCUT2D eigenvalue weighted by molar-refractivity contribution is 6.33. The van der Waals surface area contributed by atoms with E-state index in [9.17, 15) is 9.59 Å². The van der Waals surface area contributed by atoms with Crippen LogP contribution in [0.4, 0.5) is 0 Å². The Bertz CT molecular complexity index is 985. The van der Waals surface area contributed by atoms with Gasteiger partial charge in [-0.2, -0.15) is 0 Å². The van der Waals surface area contributed by atoms with Crippen molar-refractivity contribution < 1.29 is 18.8 Å². The second-order valence-electron chi connectivity index (χ2n) is 6.22. The van der Waals surface area contributed by atoms with Gasteiger partial charge in [-0.25, -0.2) is 4.79 Å². The Balaban J connectivity index is 1.67. The number of esters is 1. The zero-order valence-corrected chi connectivity index (χ0v) is 16.2. The Hall–Kier alpha value is -3.12. The van der Waals surface area contributed by atoms with Gasteiger partial charge in [0.1, 0.15) is 17.0 Å². The summed E-state index contributed by atoms with van der Waals surface area (Å²) in [6.07, 6.45) is 0. The van der Waals surface area contributed by atoms with Crippen molar-refractivity contribution in [3.8, 4) is 11.3 Å². The standard InChI is InChI=1S/C21H19ClN2O4/c1-13(15-8-4-3-5-9-15)23-18(25)12-27-21(26)19-14(2)28-24-20(19)16-10-6-7-11-17(16)22/h3-11,13H,12H2,1-2H3,(H,23,25)/t13-/m1/s1. The lowest BCUT2D eigenvalue weighted by Crippen LogP contribution is -2.31. The SMILES string of the molecule is Cc1onc(-c2ccccc2Cl)c1C(=O)OCC(=O)N[C@H](C)c1ccccc1. The summed E-state index contributed by atoms with van der Waals surface area (Å²) in [5, 5.41) is 7.14. The molecule has 0 saturated carbocycles. The largest absolute Gasteiger partial charge is 0.452 e. The molecule has 2 aromatic carbocycles. The normalized spacial score (nSPS) is 11.7. The van der Waals surface area contributed by atoms with Crippen LogP contribution in [0, 0.1) is 6.92 Å². The van der Waals surface area contributed by atoms with Gasteiger partial charge in [-0.1, -0.05) is 65.3 Å². The van der Waals surface area contributed by atoms with Crippen LogP contribution in [0.15, 0.2) is 59.1 Å². The third-order valence-corrected chi connectivity index (χ3v) is 4.54. The Kier molecular flexibility index (Phi) is 6.11. The predicted molar refractivity (Wildman–Crippen MR) is 105 cm³/mol. The average Bonchev–Trinajstić information content (AvgIpc) is 3.08. The number of hydrogen-bond acceptors (Lipinski definition) is 5. The number of rotatable bonds is 6. The maximum Gasteiger partial charge on any atom is 0.344 e. The fourth-order valence-corrected chi connectivity index (χ4v) is 2.99. The number of aryl methyl sites for hydroxylation is 1. The van der Waals surface area contributed by atoms with Gasteiger partial charge >= 0.3 is 5.97 Å². The van der Waals surface area contributed by atoms with Crippen molar-refractivity contribution in [3.05, 3.63) is 76.5 Å². The number of halogens is 1. The van der Waals surface area contributed by atoms with Crippen molar-refractivity contribution in [2.45, 2.75) is 19.9 Å². The highest BCUT2D eigenvalue weighted by Gasteiger charge is 2.25. The van der Waals surface area contributed by atoms with E-state index < -0.39 is 18.5 Å². The minimum atomic E-state index is -0.698. The maximum absolute atomic E-state index is 12.5. The number of hydrogen-bond donors (Lipinski definition) is 1.